The average Bonchev–Trinajstić information content (AvgIpc) is 3.09. The third kappa shape index (κ3) is 3.87. The Morgan fingerprint density at radius 3 is 2.32 bits per heavy atom. The van der Waals surface area contributed by atoms with Crippen molar-refractivity contribution in [1.82, 2.24) is 4.72 Å². The Balaban J connectivity index is 1.83. The smallest absolute Gasteiger partial charge is 0.266 e. The van der Waals surface area contributed by atoms with Crippen LogP contribution < -0.4 is 4.72 Å². The number of nitrogens with one attached hydrogen (secondary N) is 1. The molecule has 0 fully saturated rings. The van der Waals surface area contributed by atoms with Crippen molar-refractivity contribution >= 4 is 39.1 Å². The first-order valence-electron chi connectivity index (χ1n) is 7.03. The van der Waals surface area contributed by atoms with Gasteiger partial charge in [0, 0.05) is 10.6 Å². The first-order chi connectivity index (χ1) is 11.9. The molecule has 0 bridgehead atoms. The molecule has 0 aliphatic carbocycles. The molecule has 0 saturated heterocycles. The van der Waals surface area contributed by atoms with Crippen LogP contribution in [0.15, 0.2) is 70.2 Å². The summed E-state index contributed by atoms with van der Waals surface area (Å²) in [6, 6.07) is 13.6. The summed E-state index contributed by atoms with van der Waals surface area (Å²) in [6.07, 6.45) is 1.52. The maximum Gasteiger partial charge on any atom is 0.266 e. The summed E-state index contributed by atoms with van der Waals surface area (Å²) < 4.78 is 32.0. The summed E-state index contributed by atoms with van der Waals surface area (Å²) in [4.78, 5) is 12.1. The van der Waals surface area contributed by atoms with Gasteiger partial charge in [-0.05, 0) is 54.6 Å². The zero-order valence-electron chi connectivity index (χ0n) is 12.6. The van der Waals surface area contributed by atoms with Crippen LogP contribution in [-0.4, -0.2) is 14.3 Å². The topological polar surface area (TPSA) is 76.4 Å². The number of hydrogen-bond acceptors (Lipinski definition) is 4. The molecule has 1 heterocycles. The molecule has 5 nitrogen and oxygen atoms in total. The number of halogens is 2. The van der Waals surface area contributed by atoms with E-state index in [1.165, 1.54) is 36.6 Å². The Morgan fingerprint density at radius 2 is 1.72 bits per heavy atom. The van der Waals surface area contributed by atoms with Crippen molar-refractivity contribution in [3.63, 3.8) is 0 Å². The van der Waals surface area contributed by atoms with Crippen molar-refractivity contribution < 1.29 is 17.6 Å². The van der Waals surface area contributed by atoms with Gasteiger partial charge >= 0.3 is 0 Å². The summed E-state index contributed by atoms with van der Waals surface area (Å²) in [5, 5.41) is 0.409. The number of rotatable bonds is 4. The third-order valence-corrected chi connectivity index (χ3v) is 5.27. The largest absolute Gasteiger partial charge is 0.464 e. The predicted octanol–water partition coefficient (Wildman–Crippen LogP) is 4.37. The van der Waals surface area contributed by atoms with E-state index < -0.39 is 15.9 Å². The van der Waals surface area contributed by atoms with Gasteiger partial charge in [0.2, 0.25) is 0 Å². The van der Waals surface area contributed by atoms with E-state index in [1.807, 2.05) is 4.72 Å². The van der Waals surface area contributed by atoms with Crippen molar-refractivity contribution in [1.29, 1.82) is 0 Å². The quantitative estimate of drug-likeness (QED) is 0.711. The van der Waals surface area contributed by atoms with E-state index in [4.69, 9.17) is 27.6 Å². The highest BCUT2D eigenvalue weighted by Crippen LogP contribution is 2.23. The molecule has 0 radical (unpaired) electrons. The lowest BCUT2D eigenvalue weighted by Gasteiger charge is -2.09. The van der Waals surface area contributed by atoms with Crippen LogP contribution in [0.1, 0.15) is 10.4 Å². The minimum Gasteiger partial charge on any atom is -0.464 e. The molecule has 1 aromatic heterocycles. The van der Waals surface area contributed by atoms with E-state index in [0.717, 1.165) is 5.56 Å². The van der Waals surface area contributed by atoms with E-state index in [-0.39, 0.29) is 15.5 Å². The summed E-state index contributed by atoms with van der Waals surface area (Å²) in [6.45, 7) is 0. The van der Waals surface area contributed by atoms with Crippen LogP contribution in [-0.2, 0) is 10.0 Å². The summed E-state index contributed by atoms with van der Waals surface area (Å²) in [5.41, 5.74) is 0.734. The van der Waals surface area contributed by atoms with Gasteiger partial charge in [-0.25, -0.2) is 13.1 Å². The molecule has 0 aliphatic heterocycles. The number of amides is 1. The second kappa shape index (κ2) is 6.92. The minimum absolute atomic E-state index is 0.0156. The average molecular weight is 396 g/mol. The summed E-state index contributed by atoms with van der Waals surface area (Å²) in [7, 11) is -4.04. The van der Waals surface area contributed by atoms with E-state index in [1.54, 1.807) is 24.3 Å². The SMILES string of the molecule is O=C(NS(=O)(=O)c1ccc(-c2ccco2)cc1)c1ccc(Cl)cc1Cl. The highest BCUT2D eigenvalue weighted by molar-refractivity contribution is 7.90. The van der Waals surface area contributed by atoms with Crippen molar-refractivity contribution in [2.24, 2.45) is 0 Å². The van der Waals surface area contributed by atoms with Gasteiger partial charge in [0.15, 0.2) is 0 Å². The number of carbonyl (C=O) groups is 1. The van der Waals surface area contributed by atoms with Crippen LogP contribution in [0.4, 0.5) is 0 Å². The normalized spacial score (nSPS) is 11.3. The van der Waals surface area contributed by atoms with Crippen molar-refractivity contribution in [2.45, 2.75) is 4.90 Å². The summed E-state index contributed by atoms with van der Waals surface area (Å²) in [5.74, 6) is -0.224. The van der Waals surface area contributed by atoms with Crippen molar-refractivity contribution in [3.8, 4) is 11.3 Å². The molecule has 1 N–H and O–H groups in total. The van der Waals surface area contributed by atoms with Gasteiger partial charge < -0.3 is 4.42 Å². The molecule has 2 aromatic carbocycles. The number of benzene rings is 2. The van der Waals surface area contributed by atoms with Crippen LogP contribution in [0.5, 0.6) is 0 Å². The van der Waals surface area contributed by atoms with Crippen LogP contribution in [0.25, 0.3) is 11.3 Å². The van der Waals surface area contributed by atoms with Crippen LogP contribution in [0.3, 0.4) is 0 Å². The highest BCUT2D eigenvalue weighted by atomic mass is 35.5. The van der Waals surface area contributed by atoms with Crippen molar-refractivity contribution in [2.75, 3.05) is 0 Å². The Morgan fingerprint density at radius 1 is 1.00 bits per heavy atom. The van der Waals surface area contributed by atoms with Crippen LogP contribution >= 0.6 is 23.2 Å². The molecule has 128 valence electrons. The zero-order valence-corrected chi connectivity index (χ0v) is 14.9. The van der Waals surface area contributed by atoms with Crippen LogP contribution in [0.2, 0.25) is 10.0 Å². The fourth-order valence-electron chi connectivity index (χ4n) is 2.15. The van der Waals surface area contributed by atoms with Gasteiger partial charge in [-0.3, -0.25) is 4.79 Å². The van der Waals surface area contributed by atoms with Crippen LogP contribution in [0, 0.1) is 0 Å². The number of furan rings is 1. The molecule has 0 saturated carbocycles. The minimum atomic E-state index is -4.04. The van der Waals surface area contributed by atoms with Gasteiger partial charge in [0.25, 0.3) is 15.9 Å². The van der Waals surface area contributed by atoms with E-state index in [9.17, 15) is 13.2 Å². The van der Waals surface area contributed by atoms with Gasteiger partial charge in [-0.2, -0.15) is 0 Å². The molecular weight excluding hydrogens is 385 g/mol. The Bertz CT molecular complexity index is 1010. The van der Waals surface area contributed by atoms with E-state index in [2.05, 4.69) is 0 Å². The summed E-state index contributed by atoms with van der Waals surface area (Å²) >= 11 is 11.7. The lowest BCUT2D eigenvalue weighted by Crippen LogP contribution is -2.30. The highest BCUT2D eigenvalue weighted by Gasteiger charge is 2.20. The Kier molecular flexibility index (Phi) is 4.85. The standard InChI is InChI=1S/C17H11Cl2NO4S/c18-12-5-8-14(15(19)10-12)17(21)20-25(22,23)13-6-3-11(4-7-13)16-2-1-9-24-16/h1-10H,(H,20,21). The molecule has 3 aromatic rings. The number of carbonyl (C=O) groups excluding carboxylic acids is 1. The van der Waals surface area contributed by atoms with E-state index in [0.29, 0.717) is 10.8 Å². The second-order valence-electron chi connectivity index (χ2n) is 5.06. The fraction of sp³-hybridized carbons (Fsp3) is 0. The van der Waals surface area contributed by atoms with Gasteiger partial charge in [-0.15, -0.1) is 0 Å². The molecule has 3 rings (SSSR count). The Labute approximate surface area is 154 Å². The fourth-order valence-corrected chi connectivity index (χ4v) is 3.61. The molecule has 0 unspecified atom stereocenters. The zero-order chi connectivity index (χ0) is 18.0. The first-order valence-corrected chi connectivity index (χ1v) is 9.27. The van der Waals surface area contributed by atoms with E-state index >= 15 is 0 Å². The number of sulfonamides is 1. The molecular formula is C17H11Cl2NO4S. The number of hydrogen-bond donors (Lipinski definition) is 1. The Hall–Kier alpha value is -2.28. The van der Waals surface area contributed by atoms with Gasteiger partial charge in [0.1, 0.15) is 5.76 Å². The lowest BCUT2D eigenvalue weighted by atomic mass is 10.2. The molecule has 0 atom stereocenters. The second-order valence-corrected chi connectivity index (χ2v) is 7.59. The molecule has 25 heavy (non-hydrogen) atoms. The third-order valence-electron chi connectivity index (χ3n) is 3.37. The predicted molar refractivity (Wildman–Crippen MR) is 95.3 cm³/mol. The van der Waals surface area contributed by atoms with Crippen molar-refractivity contribution in [3.05, 3.63) is 76.5 Å². The van der Waals surface area contributed by atoms with Gasteiger partial charge in [0.05, 0.1) is 21.7 Å². The molecule has 8 heteroatoms. The monoisotopic (exact) mass is 395 g/mol. The molecule has 1 amide bonds. The van der Waals surface area contributed by atoms with Gasteiger partial charge in [-0.1, -0.05) is 23.2 Å². The molecule has 0 aliphatic rings. The lowest BCUT2D eigenvalue weighted by molar-refractivity contribution is 0.0981. The first kappa shape index (κ1) is 17.5. The molecule has 0 spiro atoms. The maximum absolute atomic E-state index is 12.4. The maximum atomic E-state index is 12.4.